The molecule has 4 rings (SSSR count). The molecular weight excluding hydrogens is 425 g/mol. The first-order valence-corrected chi connectivity index (χ1v) is 9.56. The van der Waals surface area contributed by atoms with Crippen LogP contribution in [-0.2, 0) is 13.6 Å². The van der Waals surface area contributed by atoms with Crippen LogP contribution in [0.1, 0.15) is 21.8 Å². The molecule has 4 aromatic rings. The average molecular weight is 442 g/mol. The third kappa shape index (κ3) is 4.38. The predicted octanol–water partition coefficient (Wildman–Crippen LogP) is 3.64. The number of halogens is 2. The average Bonchev–Trinajstić information content (AvgIpc) is 3.40. The maximum atomic E-state index is 14.0. The fraction of sp³-hybridized carbons (Fsp3) is 0.150. The van der Waals surface area contributed by atoms with Crippen molar-refractivity contribution in [2.75, 3.05) is 5.32 Å². The third-order valence-corrected chi connectivity index (χ3v) is 4.74. The van der Waals surface area contributed by atoms with E-state index in [0.29, 0.717) is 23.2 Å². The summed E-state index contributed by atoms with van der Waals surface area (Å²) in [5.41, 5.74) is 1.87. The Balaban J connectivity index is 1.50. The Hall–Kier alpha value is -3.79. The van der Waals surface area contributed by atoms with Crippen LogP contribution in [0, 0.1) is 12.7 Å². The van der Waals surface area contributed by atoms with Crippen LogP contribution < -0.4 is 10.6 Å². The second-order valence-corrected chi connectivity index (χ2v) is 7.03. The van der Waals surface area contributed by atoms with Gasteiger partial charge in [0.25, 0.3) is 5.89 Å². The molecule has 158 valence electrons. The van der Waals surface area contributed by atoms with E-state index in [0.717, 1.165) is 5.56 Å². The van der Waals surface area contributed by atoms with Crippen LogP contribution in [0.3, 0.4) is 0 Å². The molecule has 0 aliphatic rings. The van der Waals surface area contributed by atoms with Crippen molar-refractivity contribution >= 4 is 29.3 Å². The van der Waals surface area contributed by atoms with Crippen LogP contribution in [0.4, 0.5) is 16.2 Å². The predicted molar refractivity (Wildman–Crippen MR) is 111 cm³/mol. The van der Waals surface area contributed by atoms with Gasteiger partial charge in [0.05, 0.1) is 11.2 Å². The Labute approximate surface area is 181 Å². The normalized spacial score (nSPS) is 10.8. The molecule has 0 aliphatic carbocycles. The minimum absolute atomic E-state index is 0.0140. The molecule has 3 heterocycles. The second-order valence-electron chi connectivity index (χ2n) is 6.62. The summed E-state index contributed by atoms with van der Waals surface area (Å²) in [6.07, 6.45) is 4.62. The van der Waals surface area contributed by atoms with Gasteiger partial charge in [-0.1, -0.05) is 23.7 Å². The molecule has 1 aromatic carbocycles. The molecule has 0 spiro atoms. The lowest BCUT2D eigenvalue weighted by Crippen LogP contribution is -2.23. The smallest absolute Gasteiger partial charge is 0.307 e. The van der Waals surface area contributed by atoms with Gasteiger partial charge < -0.3 is 15.1 Å². The van der Waals surface area contributed by atoms with Gasteiger partial charge in [-0.25, -0.2) is 19.3 Å². The fourth-order valence-electron chi connectivity index (χ4n) is 2.80. The number of carbonyl (C=O) groups is 1. The van der Waals surface area contributed by atoms with E-state index in [-0.39, 0.29) is 23.0 Å². The van der Waals surface area contributed by atoms with E-state index < -0.39 is 11.7 Å². The zero-order valence-corrected chi connectivity index (χ0v) is 17.3. The zero-order valence-electron chi connectivity index (χ0n) is 16.6. The number of hydrogen-bond acceptors (Lipinski definition) is 7. The molecule has 0 aliphatic heterocycles. The number of anilines is 2. The molecule has 0 unspecified atom stereocenters. The highest BCUT2D eigenvalue weighted by molar-refractivity contribution is 6.30. The van der Waals surface area contributed by atoms with Gasteiger partial charge in [-0.2, -0.15) is 5.10 Å². The highest BCUT2D eigenvalue weighted by Gasteiger charge is 2.18. The largest absolute Gasteiger partial charge is 0.440 e. The lowest BCUT2D eigenvalue weighted by atomic mass is 10.2. The number of benzene rings is 1. The number of aromatic nitrogens is 5. The van der Waals surface area contributed by atoms with Gasteiger partial charge in [0.2, 0.25) is 5.95 Å². The third-order valence-electron chi connectivity index (χ3n) is 4.44. The van der Waals surface area contributed by atoms with Gasteiger partial charge in [-0.3, -0.25) is 9.48 Å². The number of rotatable bonds is 6. The summed E-state index contributed by atoms with van der Waals surface area (Å²) in [5.74, 6) is -0.289. The van der Waals surface area contributed by atoms with Crippen molar-refractivity contribution in [2.45, 2.75) is 13.5 Å². The van der Waals surface area contributed by atoms with E-state index in [1.807, 2.05) is 6.92 Å². The molecule has 3 aromatic heterocycles. The van der Waals surface area contributed by atoms with E-state index in [9.17, 15) is 9.18 Å². The molecule has 0 radical (unpaired) electrons. The molecule has 0 saturated carbocycles. The van der Waals surface area contributed by atoms with Crippen LogP contribution in [-0.4, -0.2) is 30.6 Å². The van der Waals surface area contributed by atoms with E-state index in [1.54, 1.807) is 36.3 Å². The Morgan fingerprint density at radius 1 is 1.29 bits per heavy atom. The Bertz CT molecular complexity index is 1250. The van der Waals surface area contributed by atoms with Crippen molar-refractivity contribution in [3.05, 3.63) is 70.8 Å². The van der Waals surface area contributed by atoms with Crippen molar-refractivity contribution in [3.8, 4) is 11.4 Å². The molecule has 0 fully saturated rings. The van der Waals surface area contributed by atoms with Gasteiger partial charge >= 0.3 is 5.91 Å². The van der Waals surface area contributed by atoms with Crippen molar-refractivity contribution in [1.29, 1.82) is 0 Å². The van der Waals surface area contributed by atoms with E-state index in [1.165, 1.54) is 18.4 Å². The first-order valence-electron chi connectivity index (χ1n) is 9.18. The Morgan fingerprint density at radius 2 is 2.13 bits per heavy atom. The molecule has 0 saturated heterocycles. The van der Waals surface area contributed by atoms with Crippen LogP contribution in [0.2, 0.25) is 5.02 Å². The highest BCUT2D eigenvalue weighted by atomic mass is 35.5. The molecule has 0 bridgehead atoms. The van der Waals surface area contributed by atoms with Gasteiger partial charge in [0.15, 0.2) is 0 Å². The quantitative estimate of drug-likeness (QED) is 0.470. The zero-order chi connectivity index (χ0) is 22.0. The van der Waals surface area contributed by atoms with Gasteiger partial charge in [-0.15, -0.1) is 0 Å². The molecule has 1 amide bonds. The summed E-state index contributed by atoms with van der Waals surface area (Å²) in [4.78, 5) is 25.3. The molecule has 2 N–H and O–H groups in total. The van der Waals surface area contributed by atoms with Gasteiger partial charge in [0, 0.05) is 31.4 Å². The summed E-state index contributed by atoms with van der Waals surface area (Å²) < 4.78 is 20.9. The number of amides is 1. The lowest BCUT2D eigenvalue weighted by Gasteiger charge is -2.07. The standard InChI is InChI=1S/C20H17ClFN7O2/c1-11-8-24-20(27-15-6-7-25-29(15)2)28-17(11)14-10-31-19(26-14)18(30)23-9-12-4-3-5-13(21)16(12)22/h3-8,10H,9H2,1-2H3,(H,23,30)(H,24,27,28). The Morgan fingerprint density at radius 3 is 2.90 bits per heavy atom. The summed E-state index contributed by atoms with van der Waals surface area (Å²) >= 11 is 5.76. The molecule has 9 nitrogen and oxygen atoms in total. The summed E-state index contributed by atoms with van der Waals surface area (Å²) in [5, 5.41) is 9.69. The number of aryl methyl sites for hydroxylation is 2. The Kier molecular flexibility index (Phi) is 5.63. The van der Waals surface area contributed by atoms with E-state index in [2.05, 4.69) is 30.7 Å². The highest BCUT2D eigenvalue weighted by Crippen LogP contribution is 2.23. The van der Waals surface area contributed by atoms with Crippen LogP contribution in [0.5, 0.6) is 0 Å². The van der Waals surface area contributed by atoms with Crippen LogP contribution >= 0.6 is 11.6 Å². The summed E-state index contributed by atoms with van der Waals surface area (Å²) in [6.45, 7) is 1.76. The molecule has 11 heteroatoms. The first kappa shape index (κ1) is 20.5. The molecule has 31 heavy (non-hydrogen) atoms. The van der Waals surface area contributed by atoms with Crippen molar-refractivity contribution in [3.63, 3.8) is 0 Å². The lowest BCUT2D eigenvalue weighted by molar-refractivity contribution is 0.0916. The van der Waals surface area contributed by atoms with Gasteiger partial charge in [0.1, 0.15) is 29.3 Å². The fourth-order valence-corrected chi connectivity index (χ4v) is 2.99. The van der Waals surface area contributed by atoms with Gasteiger partial charge in [-0.05, 0) is 18.6 Å². The minimum atomic E-state index is -0.592. The molecule has 0 atom stereocenters. The maximum Gasteiger partial charge on any atom is 0.307 e. The SMILES string of the molecule is Cc1cnc(Nc2ccnn2C)nc1-c1coc(C(=O)NCc2cccc(Cl)c2F)n1. The summed E-state index contributed by atoms with van der Waals surface area (Å²) in [6, 6.07) is 6.35. The monoisotopic (exact) mass is 441 g/mol. The number of nitrogens with one attached hydrogen (secondary N) is 2. The van der Waals surface area contributed by atoms with Crippen LogP contribution in [0.15, 0.2) is 47.3 Å². The second kappa shape index (κ2) is 8.52. The minimum Gasteiger partial charge on any atom is -0.440 e. The maximum absolute atomic E-state index is 14.0. The number of carbonyl (C=O) groups excluding carboxylic acids is 1. The van der Waals surface area contributed by atoms with Crippen molar-refractivity contribution < 1.29 is 13.6 Å². The summed E-state index contributed by atoms with van der Waals surface area (Å²) in [7, 11) is 1.79. The van der Waals surface area contributed by atoms with Crippen LogP contribution in [0.25, 0.3) is 11.4 Å². The van der Waals surface area contributed by atoms with Crippen molar-refractivity contribution in [1.82, 2.24) is 30.0 Å². The topological polar surface area (TPSA) is 111 Å². The number of hydrogen-bond donors (Lipinski definition) is 2. The number of nitrogens with zero attached hydrogens (tertiary/aromatic N) is 5. The molecular formula is C20H17ClFN7O2. The number of oxazole rings is 1. The van der Waals surface area contributed by atoms with E-state index >= 15 is 0 Å². The first-order chi connectivity index (χ1) is 14.9. The van der Waals surface area contributed by atoms with Crippen molar-refractivity contribution in [2.24, 2.45) is 7.05 Å². The van der Waals surface area contributed by atoms with E-state index in [4.69, 9.17) is 16.0 Å².